The lowest BCUT2D eigenvalue weighted by Gasteiger charge is -2.13. The monoisotopic (exact) mass is 289 g/mol. The summed E-state index contributed by atoms with van der Waals surface area (Å²) in [6.07, 6.45) is 0.959. The van der Waals surface area contributed by atoms with Crippen LogP contribution in [0.3, 0.4) is 0 Å². The number of benzene rings is 1. The third-order valence-electron chi connectivity index (χ3n) is 3.66. The zero-order valence-corrected chi connectivity index (χ0v) is 12.8. The van der Waals surface area contributed by atoms with Crippen LogP contribution in [-0.4, -0.2) is 36.9 Å². The van der Waals surface area contributed by atoms with E-state index in [2.05, 4.69) is 22.9 Å². The van der Waals surface area contributed by atoms with Crippen molar-refractivity contribution in [3.63, 3.8) is 0 Å². The normalized spacial score (nSPS) is 17.8. The summed E-state index contributed by atoms with van der Waals surface area (Å²) in [6.45, 7) is 6.57. The van der Waals surface area contributed by atoms with E-state index in [0.717, 1.165) is 17.7 Å². The van der Waals surface area contributed by atoms with Crippen molar-refractivity contribution in [3.05, 3.63) is 29.3 Å². The summed E-state index contributed by atoms with van der Waals surface area (Å²) >= 11 is 0. The molecule has 0 radical (unpaired) electrons. The number of rotatable bonds is 6. The van der Waals surface area contributed by atoms with Gasteiger partial charge in [0.1, 0.15) is 0 Å². The molecule has 0 saturated carbocycles. The molecule has 3 N–H and O–H groups in total. The average molecular weight is 289 g/mol. The Morgan fingerprint density at radius 1 is 1.38 bits per heavy atom. The van der Waals surface area contributed by atoms with Gasteiger partial charge in [-0.2, -0.15) is 0 Å². The number of fused-ring (bicyclic) bond motifs is 1. The van der Waals surface area contributed by atoms with Gasteiger partial charge >= 0.3 is 0 Å². The molecule has 1 amide bonds. The second kappa shape index (κ2) is 6.72. The number of carbonyl (C=O) groups excluding carboxylic acids is 2. The first-order valence-corrected chi connectivity index (χ1v) is 7.39. The first-order valence-electron chi connectivity index (χ1n) is 7.39. The SMILES string of the molecule is CC(=O)NCCNC(C)C(=O)c1ccc2c(c1)CC(C)N2. The van der Waals surface area contributed by atoms with Gasteiger partial charge in [0.05, 0.1) is 6.04 Å². The van der Waals surface area contributed by atoms with Gasteiger partial charge in [-0.3, -0.25) is 9.59 Å². The lowest BCUT2D eigenvalue weighted by Crippen LogP contribution is -2.39. The van der Waals surface area contributed by atoms with Crippen LogP contribution >= 0.6 is 0 Å². The van der Waals surface area contributed by atoms with Crippen molar-refractivity contribution in [3.8, 4) is 0 Å². The van der Waals surface area contributed by atoms with E-state index in [1.807, 2.05) is 25.1 Å². The highest BCUT2D eigenvalue weighted by Crippen LogP contribution is 2.26. The summed E-state index contributed by atoms with van der Waals surface area (Å²) in [5.41, 5.74) is 3.08. The van der Waals surface area contributed by atoms with E-state index < -0.39 is 0 Å². The van der Waals surface area contributed by atoms with Gasteiger partial charge in [-0.15, -0.1) is 0 Å². The van der Waals surface area contributed by atoms with E-state index in [4.69, 9.17) is 0 Å². The summed E-state index contributed by atoms with van der Waals surface area (Å²) in [7, 11) is 0. The quantitative estimate of drug-likeness (QED) is 0.546. The van der Waals surface area contributed by atoms with Crippen LogP contribution in [-0.2, 0) is 11.2 Å². The number of nitrogens with one attached hydrogen (secondary N) is 3. The molecule has 5 heteroatoms. The molecule has 1 aromatic carbocycles. The standard InChI is InChI=1S/C16H23N3O2/c1-10-8-14-9-13(4-5-15(14)19-10)16(21)11(2)17-6-7-18-12(3)20/h4-5,9-11,17,19H,6-8H2,1-3H3,(H,18,20). The van der Waals surface area contributed by atoms with Crippen molar-refractivity contribution >= 4 is 17.4 Å². The van der Waals surface area contributed by atoms with Gasteiger partial charge in [0.15, 0.2) is 5.78 Å². The lowest BCUT2D eigenvalue weighted by atomic mass is 10.0. The summed E-state index contributed by atoms with van der Waals surface area (Å²) in [5, 5.41) is 9.21. The summed E-state index contributed by atoms with van der Waals surface area (Å²) < 4.78 is 0. The molecule has 5 nitrogen and oxygen atoms in total. The van der Waals surface area contributed by atoms with Crippen LogP contribution < -0.4 is 16.0 Å². The molecule has 2 atom stereocenters. The Bertz CT molecular complexity index is 542. The molecule has 0 bridgehead atoms. The van der Waals surface area contributed by atoms with Gasteiger partial charge in [0.25, 0.3) is 0 Å². The maximum absolute atomic E-state index is 12.4. The van der Waals surface area contributed by atoms with Crippen LogP contribution in [0.2, 0.25) is 0 Å². The van der Waals surface area contributed by atoms with Crippen molar-refractivity contribution in [2.45, 2.75) is 39.3 Å². The molecule has 0 fully saturated rings. The fourth-order valence-corrected chi connectivity index (χ4v) is 2.57. The smallest absolute Gasteiger partial charge is 0.216 e. The number of ketones is 1. The maximum atomic E-state index is 12.4. The third kappa shape index (κ3) is 4.04. The second-order valence-corrected chi connectivity index (χ2v) is 5.64. The Labute approximate surface area is 125 Å². The summed E-state index contributed by atoms with van der Waals surface area (Å²) in [6, 6.07) is 6.01. The van der Waals surface area contributed by atoms with E-state index in [0.29, 0.717) is 19.1 Å². The Morgan fingerprint density at radius 3 is 2.86 bits per heavy atom. The van der Waals surface area contributed by atoms with Crippen molar-refractivity contribution in [2.75, 3.05) is 18.4 Å². The molecule has 1 aliphatic rings. The minimum Gasteiger partial charge on any atom is -0.382 e. The van der Waals surface area contributed by atoms with E-state index in [1.54, 1.807) is 0 Å². The molecule has 0 aromatic heterocycles. The highest BCUT2D eigenvalue weighted by molar-refractivity contribution is 6.00. The molecule has 114 valence electrons. The molecule has 2 unspecified atom stereocenters. The predicted octanol–water partition coefficient (Wildman–Crippen LogP) is 1.34. The lowest BCUT2D eigenvalue weighted by molar-refractivity contribution is -0.118. The number of Topliss-reactive ketones (excluding diaryl/α,β-unsaturated/α-hetero) is 1. The van der Waals surface area contributed by atoms with Crippen LogP contribution in [0.5, 0.6) is 0 Å². The Kier molecular flexibility index (Phi) is 4.96. The number of amides is 1. The predicted molar refractivity (Wildman–Crippen MR) is 83.7 cm³/mol. The van der Waals surface area contributed by atoms with Crippen molar-refractivity contribution in [1.82, 2.24) is 10.6 Å². The van der Waals surface area contributed by atoms with Gasteiger partial charge in [-0.1, -0.05) is 0 Å². The number of carbonyl (C=O) groups is 2. The fraction of sp³-hybridized carbons (Fsp3) is 0.500. The number of hydrogen-bond acceptors (Lipinski definition) is 4. The van der Waals surface area contributed by atoms with Crippen molar-refractivity contribution in [2.24, 2.45) is 0 Å². The zero-order valence-electron chi connectivity index (χ0n) is 12.8. The first-order chi connectivity index (χ1) is 9.97. The van der Waals surface area contributed by atoms with E-state index in [1.165, 1.54) is 12.5 Å². The summed E-state index contributed by atoms with van der Waals surface area (Å²) in [5.74, 6) is 0.0243. The molecular weight excluding hydrogens is 266 g/mol. The molecule has 0 saturated heterocycles. The first kappa shape index (κ1) is 15.5. The van der Waals surface area contributed by atoms with E-state index in [-0.39, 0.29) is 17.7 Å². The Morgan fingerprint density at radius 2 is 2.14 bits per heavy atom. The molecule has 21 heavy (non-hydrogen) atoms. The molecule has 2 rings (SSSR count). The molecule has 1 heterocycles. The van der Waals surface area contributed by atoms with Crippen LogP contribution in [0.4, 0.5) is 5.69 Å². The number of hydrogen-bond donors (Lipinski definition) is 3. The summed E-state index contributed by atoms with van der Waals surface area (Å²) in [4.78, 5) is 23.2. The highest BCUT2D eigenvalue weighted by atomic mass is 16.1. The van der Waals surface area contributed by atoms with Crippen molar-refractivity contribution < 1.29 is 9.59 Å². The van der Waals surface area contributed by atoms with Gasteiger partial charge in [0, 0.05) is 37.3 Å². The molecule has 0 aliphatic carbocycles. The van der Waals surface area contributed by atoms with Gasteiger partial charge in [-0.05, 0) is 44.0 Å². The minimum atomic E-state index is -0.261. The van der Waals surface area contributed by atoms with Gasteiger partial charge < -0.3 is 16.0 Å². The second-order valence-electron chi connectivity index (χ2n) is 5.64. The topological polar surface area (TPSA) is 70.2 Å². The highest BCUT2D eigenvalue weighted by Gasteiger charge is 2.20. The third-order valence-corrected chi connectivity index (χ3v) is 3.66. The largest absolute Gasteiger partial charge is 0.382 e. The van der Waals surface area contributed by atoms with E-state index in [9.17, 15) is 9.59 Å². The van der Waals surface area contributed by atoms with Crippen LogP contribution in [0.15, 0.2) is 18.2 Å². The minimum absolute atomic E-state index is 0.0592. The van der Waals surface area contributed by atoms with Gasteiger partial charge in [-0.25, -0.2) is 0 Å². The number of anilines is 1. The molecule has 1 aliphatic heterocycles. The fourth-order valence-electron chi connectivity index (χ4n) is 2.57. The van der Waals surface area contributed by atoms with Crippen LogP contribution in [0.1, 0.15) is 36.7 Å². The maximum Gasteiger partial charge on any atom is 0.216 e. The average Bonchev–Trinajstić information content (AvgIpc) is 2.81. The van der Waals surface area contributed by atoms with Gasteiger partial charge in [0.2, 0.25) is 5.91 Å². The van der Waals surface area contributed by atoms with Crippen LogP contribution in [0, 0.1) is 0 Å². The van der Waals surface area contributed by atoms with Crippen molar-refractivity contribution in [1.29, 1.82) is 0 Å². The Balaban J connectivity index is 1.91. The van der Waals surface area contributed by atoms with Crippen LogP contribution in [0.25, 0.3) is 0 Å². The zero-order chi connectivity index (χ0) is 15.4. The Hall–Kier alpha value is -1.88. The molecular formula is C16H23N3O2. The molecule has 0 spiro atoms. The molecule has 1 aromatic rings. The van der Waals surface area contributed by atoms with E-state index >= 15 is 0 Å².